The largest absolute Gasteiger partial charge is 0.462 e. The van der Waals surface area contributed by atoms with Gasteiger partial charge in [-0.05, 0) is 55.5 Å². The number of hydrogen-bond acceptors (Lipinski definition) is 10. The third-order valence-electron chi connectivity index (χ3n) is 6.49. The van der Waals surface area contributed by atoms with E-state index in [1.165, 1.54) is 6.92 Å². The number of benzene rings is 2. The van der Waals surface area contributed by atoms with Crippen molar-refractivity contribution in [3.63, 3.8) is 0 Å². The van der Waals surface area contributed by atoms with Gasteiger partial charge < -0.3 is 28.7 Å². The Labute approximate surface area is 253 Å². The second-order valence-corrected chi connectivity index (χ2v) is 13.6. The fourth-order valence-electron chi connectivity index (χ4n) is 4.31. The van der Waals surface area contributed by atoms with Gasteiger partial charge in [0.15, 0.2) is 11.8 Å². The Kier molecular flexibility index (Phi) is 10.1. The fourth-order valence-corrected chi connectivity index (χ4v) is 6.87. The van der Waals surface area contributed by atoms with Gasteiger partial charge in [-0.3, -0.25) is 19.1 Å². The third kappa shape index (κ3) is 7.15. The van der Waals surface area contributed by atoms with Gasteiger partial charge in [-0.15, -0.1) is 0 Å². The van der Waals surface area contributed by atoms with Crippen LogP contribution >= 0.6 is 18.2 Å². The van der Waals surface area contributed by atoms with E-state index in [0.29, 0.717) is 4.57 Å². The summed E-state index contributed by atoms with van der Waals surface area (Å²) < 4.78 is 52.2. The van der Waals surface area contributed by atoms with Crippen molar-refractivity contribution in [2.45, 2.75) is 63.4 Å². The van der Waals surface area contributed by atoms with E-state index in [1.54, 1.807) is 38.1 Å². The summed E-state index contributed by atoms with van der Waals surface area (Å²) in [5.41, 5.74) is -5.03. The van der Waals surface area contributed by atoms with Crippen LogP contribution in [0.3, 0.4) is 0 Å². The Morgan fingerprint density at radius 1 is 1.21 bits per heavy atom. The first-order chi connectivity index (χ1) is 20.2. The molecule has 2 heterocycles. The molecule has 6 atom stereocenters. The quantitative estimate of drug-likeness (QED) is 0.176. The van der Waals surface area contributed by atoms with Gasteiger partial charge in [0.2, 0.25) is 0 Å². The maximum Gasteiger partial charge on any atom is 0.330 e. The highest BCUT2D eigenvalue weighted by Gasteiger charge is 2.61. The van der Waals surface area contributed by atoms with Crippen LogP contribution in [-0.4, -0.2) is 68.7 Å². The first-order valence-electron chi connectivity index (χ1n) is 12.9. The van der Waals surface area contributed by atoms with Crippen LogP contribution in [0, 0.1) is 0 Å². The van der Waals surface area contributed by atoms with Crippen molar-refractivity contribution < 1.29 is 42.3 Å². The van der Waals surface area contributed by atoms with Crippen LogP contribution in [0.1, 0.15) is 27.0 Å². The molecule has 1 aliphatic rings. The SMILES string of the molecule is CC(C)OC(=O)[C@H](C)NP(=S)(OC[C@@]1(C(F)F)O[C@@H](n2cc(Cl)c(=O)[nH]c2=O)[C@H](O)[C@@H]1O)Oc1ccc2ccccc2c1. The third-order valence-corrected chi connectivity index (χ3v) is 9.24. The number of halogens is 3. The number of H-pyrrole nitrogens is 1. The van der Waals surface area contributed by atoms with Crippen molar-refractivity contribution in [2.24, 2.45) is 0 Å². The van der Waals surface area contributed by atoms with Gasteiger partial charge in [0, 0.05) is 6.20 Å². The lowest BCUT2D eigenvalue weighted by atomic mass is 9.96. The molecule has 0 bridgehead atoms. The lowest BCUT2D eigenvalue weighted by Gasteiger charge is -2.34. The Bertz CT molecular complexity index is 1660. The molecule has 12 nitrogen and oxygen atoms in total. The lowest BCUT2D eigenvalue weighted by Crippen LogP contribution is -2.53. The number of aliphatic hydroxyl groups is 2. The second kappa shape index (κ2) is 13.1. The van der Waals surface area contributed by atoms with E-state index in [9.17, 15) is 33.4 Å². The number of aliphatic hydroxyl groups excluding tert-OH is 2. The fraction of sp³-hybridized carbons (Fsp3) is 0.423. The van der Waals surface area contributed by atoms with Crippen LogP contribution in [0.4, 0.5) is 8.78 Å². The summed E-state index contributed by atoms with van der Waals surface area (Å²) in [5.74, 6) is -0.536. The van der Waals surface area contributed by atoms with Gasteiger partial charge in [-0.1, -0.05) is 41.9 Å². The van der Waals surface area contributed by atoms with E-state index in [0.717, 1.165) is 17.0 Å². The average molecular weight is 664 g/mol. The Hall–Kier alpha value is -2.75. The maximum atomic E-state index is 14.7. The van der Waals surface area contributed by atoms with E-state index in [-0.39, 0.29) is 5.75 Å². The molecule has 1 unspecified atom stereocenters. The molecule has 1 saturated heterocycles. The van der Waals surface area contributed by atoms with Crippen LogP contribution in [0.5, 0.6) is 5.75 Å². The number of fused-ring (bicyclic) bond motifs is 1. The molecular weight excluding hydrogens is 635 g/mol. The molecule has 0 amide bonds. The minimum Gasteiger partial charge on any atom is -0.462 e. The highest BCUT2D eigenvalue weighted by Crippen LogP contribution is 2.49. The van der Waals surface area contributed by atoms with Gasteiger partial charge in [0.1, 0.15) is 29.0 Å². The molecule has 17 heteroatoms. The standard InChI is InChI=1S/C26H29ClF2N3O9PS/c1-13(2)39-23(36)14(3)31-42(43,41-17-9-8-15-6-4-5-7-16(15)10-17)38-12-26(24(28)29)20(34)19(33)22(40-26)32-11-18(27)21(35)30-25(32)37/h4-11,13-14,19-20,22,24,33-34H,12H2,1-3H3,(H,31,43)(H,30,35,37)/t14-,19+,20-,22+,26+,42?/m0/s1. The van der Waals surface area contributed by atoms with Gasteiger partial charge >= 0.3 is 18.3 Å². The zero-order chi connectivity index (χ0) is 31.7. The topological polar surface area (TPSA) is 161 Å². The number of aromatic nitrogens is 2. The van der Waals surface area contributed by atoms with Crippen molar-refractivity contribution >= 4 is 46.8 Å². The minimum absolute atomic E-state index is 0.185. The van der Waals surface area contributed by atoms with Gasteiger partial charge in [0.05, 0.1) is 12.7 Å². The number of rotatable bonds is 11. The number of carbonyl (C=O) groups is 1. The summed E-state index contributed by atoms with van der Waals surface area (Å²) >= 11 is 11.4. The summed E-state index contributed by atoms with van der Waals surface area (Å²) in [6.07, 6.45) is -9.50. The average Bonchev–Trinajstić information content (AvgIpc) is 3.19. The van der Waals surface area contributed by atoms with Crippen molar-refractivity contribution in [2.75, 3.05) is 6.61 Å². The molecule has 0 aliphatic carbocycles. The minimum atomic E-state index is -3.93. The molecule has 0 radical (unpaired) electrons. The lowest BCUT2D eigenvalue weighted by molar-refractivity contribution is -0.192. The highest BCUT2D eigenvalue weighted by atomic mass is 35.5. The van der Waals surface area contributed by atoms with E-state index in [1.807, 2.05) is 23.2 Å². The molecule has 1 fully saturated rings. The monoisotopic (exact) mass is 663 g/mol. The summed E-state index contributed by atoms with van der Waals surface area (Å²) in [7, 11) is 0. The van der Waals surface area contributed by atoms with Crippen molar-refractivity contribution in [1.82, 2.24) is 14.6 Å². The molecule has 1 aromatic heterocycles. The van der Waals surface area contributed by atoms with Crippen LogP contribution in [-0.2, 0) is 30.6 Å². The number of nitrogens with zero attached hydrogens (tertiary/aromatic N) is 1. The number of aromatic amines is 1. The summed E-state index contributed by atoms with van der Waals surface area (Å²) in [4.78, 5) is 38.4. The van der Waals surface area contributed by atoms with Crippen LogP contribution in [0.15, 0.2) is 58.3 Å². The summed E-state index contributed by atoms with van der Waals surface area (Å²) in [5, 5.41) is 25.3. The van der Waals surface area contributed by atoms with Gasteiger partial charge in [-0.2, -0.15) is 0 Å². The van der Waals surface area contributed by atoms with Gasteiger partial charge in [0.25, 0.3) is 12.0 Å². The molecule has 3 aromatic rings. The molecule has 2 aromatic carbocycles. The Morgan fingerprint density at radius 2 is 1.88 bits per heavy atom. The van der Waals surface area contributed by atoms with Crippen molar-refractivity contribution in [3.8, 4) is 5.75 Å². The van der Waals surface area contributed by atoms with E-state index in [4.69, 9.17) is 41.9 Å². The highest BCUT2D eigenvalue weighted by molar-refractivity contribution is 8.09. The molecular formula is C26H29ClF2N3O9PS. The zero-order valence-electron chi connectivity index (χ0n) is 23.0. The predicted octanol–water partition coefficient (Wildman–Crippen LogP) is 2.85. The number of hydrogen-bond donors (Lipinski definition) is 4. The molecule has 0 saturated carbocycles. The number of carbonyl (C=O) groups excluding carboxylic acids is 1. The smallest absolute Gasteiger partial charge is 0.330 e. The van der Waals surface area contributed by atoms with Crippen molar-refractivity contribution in [3.05, 3.63) is 74.5 Å². The van der Waals surface area contributed by atoms with Crippen LogP contribution in [0.25, 0.3) is 10.8 Å². The summed E-state index contributed by atoms with van der Waals surface area (Å²) in [6.45, 7) is -0.405. The molecule has 1 aliphatic heterocycles. The number of alkyl halides is 2. The molecule has 0 spiro atoms. The number of nitrogens with one attached hydrogen (secondary N) is 2. The Morgan fingerprint density at radius 3 is 2.53 bits per heavy atom. The zero-order valence-corrected chi connectivity index (χ0v) is 25.4. The first kappa shape index (κ1) is 33.1. The van der Waals surface area contributed by atoms with Crippen molar-refractivity contribution in [1.29, 1.82) is 0 Å². The Balaban J connectivity index is 1.66. The van der Waals surface area contributed by atoms with Crippen LogP contribution < -0.4 is 20.9 Å². The van der Waals surface area contributed by atoms with Gasteiger partial charge in [-0.25, -0.2) is 18.7 Å². The molecule has 4 rings (SSSR count). The molecule has 4 N–H and O–H groups in total. The number of esters is 1. The van der Waals surface area contributed by atoms with E-state index in [2.05, 4.69) is 5.09 Å². The first-order valence-corrected chi connectivity index (χ1v) is 15.9. The number of ether oxygens (including phenoxy) is 2. The summed E-state index contributed by atoms with van der Waals surface area (Å²) in [6, 6.07) is 11.1. The van der Waals surface area contributed by atoms with E-state index >= 15 is 0 Å². The van der Waals surface area contributed by atoms with Crippen LogP contribution in [0.2, 0.25) is 5.02 Å². The molecule has 234 valence electrons. The predicted molar refractivity (Wildman–Crippen MR) is 156 cm³/mol. The molecule has 43 heavy (non-hydrogen) atoms. The maximum absolute atomic E-state index is 14.7. The van der Waals surface area contributed by atoms with E-state index < -0.39 is 78.1 Å². The normalized spacial score (nSPS) is 24.3. The second-order valence-electron chi connectivity index (χ2n) is 10.1.